The largest absolute Gasteiger partial charge is 0.297 e. The van der Waals surface area contributed by atoms with E-state index < -0.39 is 0 Å². The average molecular weight is 270 g/mol. The maximum absolute atomic E-state index is 13.0. The fourth-order valence-electron chi connectivity index (χ4n) is 1.84. The zero-order valence-electron chi connectivity index (χ0n) is 8.78. The summed E-state index contributed by atoms with van der Waals surface area (Å²) in [7, 11) is 0. The molecule has 0 unspecified atom stereocenters. The van der Waals surface area contributed by atoms with Gasteiger partial charge in [-0.1, -0.05) is 11.6 Å². The van der Waals surface area contributed by atoms with Crippen molar-refractivity contribution in [1.82, 2.24) is 14.8 Å². The third-order valence-electron chi connectivity index (χ3n) is 2.79. The molecular formula is C11H9ClFN3S. The smallest absolute Gasteiger partial charge is 0.195 e. The fourth-order valence-corrected chi connectivity index (χ4v) is 2.37. The van der Waals surface area contributed by atoms with E-state index in [-0.39, 0.29) is 5.82 Å². The van der Waals surface area contributed by atoms with Gasteiger partial charge in [-0.25, -0.2) is 4.39 Å². The van der Waals surface area contributed by atoms with Crippen molar-refractivity contribution in [1.29, 1.82) is 0 Å². The van der Waals surface area contributed by atoms with E-state index in [1.807, 2.05) is 4.57 Å². The summed E-state index contributed by atoms with van der Waals surface area (Å²) in [6, 6.07) is 4.68. The molecule has 1 heterocycles. The van der Waals surface area contributed by atoms with Gasteiger partial charge in [-0.3, -0.25) is 9.67 Å². The number of halogens is 2. The summed E-state index contributed by atoms with van der Waals surface area (Å²) in [5, 5.41) is 7.29. The van der Waals surface area contributed by atoms with Gasteiger partial charge < -0.3 is 0 Å². The number of H-pyrrole nitrogens is 1. The van der Waals surface area contributed by atoms with Crippen molar-refractivity contribution in [2.45, 2.75) is 18.9 Å². The van der Waals surface area contributed by atoms with Crippen molar-refractivity contribution in [3.63, 3.8) is 0 Å². The molecule has 1 aromatic carbocycles. The molecule has 0 radical (unpaired) electrons. The van der Waals surface area contributed by atoms with Crippen LogP contribution < -0.4 is 0 Å². The summed E-state index contributed by atoms with van der Waals surface area (Å²) in [5.41, 5.74) is 0.701. The molecule has 0 atom stereocenters. The van der Waals surface area contributed by atoms with Crippen molar-refractivity contribution in [2.75, 3.05) is 0 Å². The van der Waals surface area contributed by atoms with Crippen LogP contribution in [-0.2, 0) is 0 Å². The maximum Gasteiger partial charge on any atom is 0.195 e. The van der Waals surface area contributed by atoms with Crippen molar-refractivity contribution < 1.29 is 4.39 Å². The Morgan fingerprint density at radius 1 is 1.47 bits per heavy atom. The van der Waals surface area contributed by atoms with Gasteiger partial charge in [-0.15, -0.1) is 0 Å². The molecule has 1 aromatic heterocycles. The summed E-state index contributed by atoms with van der Waals surface area (Å²) in [6.07, 6.45) is 2.19. The highest BCUT2D eigenvalue weighted by Gasteiger charge is 2.28. The number of hydrogen-bond acceptors (Lipinski definition) is 2. The third-order valence-corrected chi connectivity index (χ3v) is 3.39. The molecule has 2 aromatic rings. The second-order valence-corrected chi connectivity index (χ2v) is 4.87. The number of aromatic nitrogens is 3. The molecule has 0 saturated heterocycles. The van der Waals surface area contributed by atoms with Gasteiger partial charge in [-0.05, 0) is 43.3 Å². The lowest BCUT2D eigenvalue weighted by Crippen LogP contribution is -1.98. The lowest BCUT2D eigenvalue weighted by atomic mass is 10.2. The predicted octanol–water partition coefficient (Wildman–Crippen LogP) is 3.74. The molecule has 1 saturated carbocycles. The van der Waals surface area contributed by atoms with Crippen LogP contribution in [0.1, 0.15) is 18.9 Å². The number of nitrogens with one attached hydrogen (secondary N) is 1. The van der Waals surface area contributed by atoms with Crippen LogP contribution in [0.15, 0.2) is 18.2 Å². The number of nitrogens with zero attached hydrogens (tertiary/aromatic N) is 2. The van der Waals surface area contributed by atoms with Crippen molar-refractivity contribution in [3.8, 4) is 11.4 Å². The number of benzene rings is 1. The highest BCUT2D eigenvalue weighted by Crippen LogP contribution is 2.39. The monoisotopic (exact) mass is 269 g/mol. The molecule has 88 valence electrons. The van der Waals surface area contributed by atoms with E-state index in [9.17, 15) is 4.39 Å². The summed E-state index contributed by atoms with van der Waals surface area (Å²) < 4.78 is 15.5. The molecule has 1 aliphatic rings. The van der Waals surface area contributed by atoms with Crippen molar-refractivity contribution in [3.05, 3.63) is 33.8 Å². The summed E-state index contributed by atoms with van der Waals surface area (Å²) in [5.74, 6) is 0.327. The zero-order chi connectivity index (χ0) is 12.0. The van der Waals surface area contributed by atoms with Crippen LogP contribution in [0.5, 0.6) is 0 Å². The van der Waals surface area contributed by atoms with Crippen LogP contribution in [0.3, 0.4) is 0 Å². The molecule has 3 nitrogen and oxygen atoms in total. The highest BCUT2D eigenvalue weighted by molar-refractivity contribution is 7.71. The van der Waals surface area contributed by atoms with Gasteiger partial charge in [0.05, 0.1) is 5.02 Å². The topological polar surface area (TPSA) is 33.6 Å². The van der Waals surface area contributed by atoms with E-state index in [2.05, 4.69) is 10.2 Å². The lowest BCUT2D eigenvalue weighted by molar-refractivity contribution is 0.628. The Morgan fingerprint density at radius 2 is 2.24 bits per heavy atom. The molecular weight excluding hydrogens is 261 g/mol. The van der Waals surface area contributed by atoms with Crippen molar-refractivity contribution in [2.24, 2.45) is 0 Å². The Kier molecular flexibility index (Phi) is 2.52. The van der Waals surface area contributed by atoms with Gasteiger partial charge in [0, 0.05) is 11.6 Å². The standard InChI is InChI=1S/C11H9ClFN3S/c12-9-5-6(13)1-4-8(9)10-14-15-11(17)16(10)7-2-3-7/h1,4-5,7H,2-3H2,(H,15,17). The van der Waals surface area contributed by atoms with E-state index in [1.54, 1.807) is 6.07 Å². The Morgan fingerprint density at radius 3 is 2.88 bits per heavy atom. The van der Waals surface area contributed by atoms with Crippen LogP contribution in [0.2, 0.25) is 5.02 Å². The van der Waals surface area contributed by atoms with Gasteiger partial charge in [0.25, 0.3) is 0 Å². The lowest BCUT2D eigenvalue weighted by Gasteiger charge is -2.06. The normalized spacial score (nSPS) is 15.2. The number of aromatic amines is 1. The van der Waals surface area contributed by atoms with Gasteiger partial charge in [-0.2, -0.15) is 5.10 Å². The van der Waals surface area contributed by atoms with E-state index in [0.29, 0.717) is 27.2 Å². The first-order chi connectivity index (χ1) is 8.16. The molecule has 0 spiro atoms. The fraction of sp³-hybridized carbons (Fsp3) is 0.273. The SMILES string of the molecule is Fc1ccc(-c2n[nH]c(=S)n2C2CC2)c(Cl)c1. The maximum atomic E-state index is 13.0. The van der Waals surface area contributed by atoms with Crippen LogP contribution in [-0.4, -0.2) is 14.8 Å². The van der Waals surface area contributed by atoms with E-state index in [0.717, 1.165) is 12.8 Å². The Hall–Kier alpha value is -1.20. The van der Waals surface area contributed by atoms with E-state index >= 15 is 0 Å². The van der Waals surface area contributed by atoms with Gasteiger partial charge >= 0.3 is 0 Å². The second-order valence-electron chi connectivity index (χ2n) is 4.08. The first kappa shape index (κ1) is 10.9. The first-order valence-electron chi connectivity index (χ1n) is 5.29. The number of rotatable bonds is 2. The molecule has 1 N–H and O–H groups in total. The second kappa shape index (κ2) is 3.92. The van der Waals surface area contributed by atoms with Gasteiger partial charge in [0.1, 0.15) is 5.82 Å². The summed E-state index contributed by atoms with van der Waals surface area (Å²) >= 11 is 11.2. The molecule has 3 rings (SSSR count). The first-order valence-corrected chi connectivity index (χ1v) is 6.08. The molecule has 6 heteroatoms. The van der Waals surface area contributed by atoms with Crippen LogP contribution in [0.4, 0.5) is 4.39 Å². The van der Waals surface area contributed by atoms with Crippen molar-refractivity contribution >= 4 is 23.8 Å². The minimum Gasteiger partial charge on any atom is -0.297 e. The van der Waals surface area contributed by atoms with Crippen LogP contribution in [0, 0.1) is 10.6 Å². The quantitative estimate of drug-likeness (QED) is 0.843. The minimum absolute atomic E-state index is 0.348. The molecule has 0 bridgehead atoms. The molecule has 1 fully saturated rings. The van der Waals surface area contributed by atoms with E-state index in [1.165, 1.54) is 12.1 Å². The third kappa shape index (κ3) is 1.89. The number of hydrogen-bond donors (Lipinski definition) is 1. The van der Waals surface area contributed by atoms with Crippen LogP contribution in [0.25, 0.3) is 11.4 Å². The Labute approximate surface area is 107 Å². The minimum atomic E-state index is -0.356. The zero-order valence-corrected chi connectivity index (χ0v) is 10.4. The molecule has 0 amide bonds. The molecule has 1 aliphatic carbocycles. The molecule has 0 aliphatic heterocycles. The summed E-state index contributed by atoms with van der Waals surface area (Å²) in [4.78, 5) is 0. The summed E-state index contributed by atoms with van der Waals surface area (Å²) in [6.45, 7) is 0. The van der Waals surface area contributed by atoms with Crippen LogP contribution >= 0.6 is 23.8 Å². The van der Waals surface area contributed by atoms with Gasteiger partial charge in [0.15, 0.2) is 10.6 Å². The highest BCUT2D eigenvalue weighted by atomic mass is 35.5. The Balaban J connectivity index is 2.18. The van der Waals surface area contributed by atoms with E-state index in [4.69, 9.17) is 23.8 Å². The van der Waals surface area contributed by atoms with Gasteiger partial charge in [0.2, 0.25) is 0 Å². The average Bonchev–Trinajstić information content (AvgIpc) is 3.03. The Bertz CT molecular complexity index is 630. The predicted molar refractivity (Wildman–Crippen MR) is 66.1 cm³/mol. The molecule has 17 heavy (non-hydrogen) atoms.